The van der Waals surface area contributed by atoms with Gasteiger partial charge in [-0.2, -0.15) is 0 Å². The van der Waals surface area contributed by atoms with Crippen LogP contribution in [0.15, 0.2) is 42.5 Å². The molecule has 2 aromatic carbocycles. The van der Waals surface area contributed by atoms with Gasteiger partial charge in [-0.1, -0.05) is 36.4 Å². The molecule has 0 unspecified atom stereocenters. The van der Waals surface area contributed by atoms with Gasteiger partial charge in [0.25, 0.3) is 5.91 Å². The van der Waals surface area contributed by atoms with Crippen LogP contribution in [0.3, 0.4) is 0 Å². The second-order valence-corrected chi connectivity index (χ2v) is 7.98. The van der Waals surface area contributed by atoms with Crippen LogP contribution in [0.1, 0.15) is 38.1 Å². The average molecular weight is 408 g/mol. The number of esters is 1. The first-order valence-electron chi connectivity index (χ1n) is 9.27. The standard InChI is InChI=1S/C22H20N2O4S/c1-13(25)24-11-10-17-18(12-24)29-21(19(17)22(27)28-2)23-20(26)16-9-5-7-14-6-3-4-8-15(14)16/h3-9H,10-12H2,1-2H3,(H,23,26). The van der Waals surface area contributed by atoms with Gasteiger partial charge in [-0.25, -0.2) is 4.79 Å². The number of carbonyl (C=O) groups excluding carboxylic acids is 3. The zero-order chi connectivity index (χ0) is 20.5. The highest BCUT2D eigenvalue weighted by Crippen LogP contribution is 2.38. The molecule has 0 atom stereocenters. The summed E-state index contributed by atoms with van der Waals surface area (Å²) in [5.41, 5.74) is 1.78. The van der Waals surface area contributed by atoms with Crippen molar-refractivity contribution in [3.63, 3.8) is 0 Å². The largest absolute Gasteiger partial charge is 0.465 e. The summed E-state index contributed by atoms with van der Waals surface area (Å²) in [6.45, 7) is 2.51. The van der Waals surface area contributed by atoms with E-state index in [2.05, 4.69) is 5.32 Å². The molecule has 0 fully saturated rings. The van der Waals surface area contributed by atoms with Gasteiger partial charge >= 0.3 is 5.97 Å². The summed E-state index contributed by atoms with van der Waals surface area (Å²) in [4.78, 5) is 39.9. The molecule has 0 saturated heterocycles. The molecule has 1 N–H and O–H groups in total. The minimum Gasteiger partial charge on any atom is -0.465 e. The number of anilines is 1. The molecule has 3 aromatic rings. The van der Waals surface area contributed by atoms with Gasteiger partial charge in [0.05, 0.1) is 19.2 Å². The van der Waals surface area contributed by atoms with E-state index < -0.39 is 5.97 Å². The molecule has 6 nitrogen and oxygen atoms in total. The van der Waals surface area contributed by atoms with Crippen molar-refractivity contribution >= 4 is 44.9 Å². The Hall–Kier alpha value is -3.19. The summed E-state index contributed by atoms with van der Waals surface area (Å²) in [5, 5.41) is 5.19. The number of nitrogens with one attached hydrogen (secondary N) is 1. The maximum atomic E-state index is 13.1. The topological polar surface area (TPSA) is 75.7 Å². The lowest BCUT2D eigenvalue weighted by atomic mass is 10.0. The number of hydrogen-bond donors (Lipinski definition) is 1. The molecule has 4 rings (SSSR count). The second-order valence-electron chi connectivity index (χ2n) is 6.87. The highest BCUT2D eigenvalue weighted by molar-refractivity contribution is 7.17. The van der Waals surface area contributed by atoms with Crippen molar-refractivity contribution in [2.75, 3.05) is 19.0 Å². The lowest BCUT2D eigenvalue weighted by molar-refractivity contribution is -0.129. The highest BCUT2D eigenvalue weighted by atomic mass is 32.1. The van der Waals surface area contributed by atoms with E-state index in [1.54, 1.807) is 11.0 Å². The number of amides is 2. The van der Waals surface area contributed by atoms with Crippen LogP contribution in [0.2, 0.25) is 0 Å². The molecule has 0 spiro atoms. The maximum absolute atomic E-state index is 13.1. The number of carbonyl (C=O) groups is 3. The molecule has 0 bridgehead atoms. The first-order chi connectivity index (χ1) is 14.0. The third-order valence-corrected chi connectivity index (χ3v) is 6.29. The number of rotatable bonds is 3. The van der Waals surface area contributed by atoms with Crippen molar-refractivity contribution in [3.8, 4) is 0 Å². The number of thiophene rings is 1. The Balaban J connectivity index is 1.72. The molecule has 2 heterocycles. The highest BCUT2D eigenvalue weighted by Gasteiger charge is 2.30. The smallest absolute Gasteiger partial charge is 0.341 e. The Morgan fingerprint density at radius 2 is 1.86 bits per heavy atom. The molecule has 0 saturated carbocycles. The molecule has 148 valence electrons. The first kappa shape index (κ1) is 19.1. The zero-order valence-corrected chi connectivity index (χ0v) is 17.0. The first-order valence-corrected chi connectivity index (χ1v) is 10.1. The van der Waals surface area contributed by atoms with Crippen molar-refractivity contribution in [3.05, 3.63) is 64.0 Å². The average Bonchev–Trinajstić information content (AvgIpc) is 3.09. The van der Waals surface area contributed by atoms with Crippen LogP contribution in [0.5, 0.6) is 0 Å². The van der Waals surface area contributed by atoms with Gasteiger partial charge in [0.2, 0.25) is 5.91 Å². The fraction of sp³-hybridized carbons (Fsp3) is 0.227. The minimum atomic E-state index is -0.480. The number of ether oxygens (including phenoxy) is 1. The summed E-state index contributed by atoms with van der Waals surface area (Å²) in [6.07, 6.45) is 0.556. The lowest BCUT2D eigenvalue weighted by Gasteiger charge is -2.25. The third kappa shape index (κ3) is 3.49. The van der Waals surface area contributed by atoms with Gasteiger partial charge in [0.15, 0.2) is 0 Å². The predicted molar refractivity (Wildman–Crippen MR) is 112 cm³/mol. The van der Waals surface area contributed by atoms with Crippen molar-refractivity contribution in [1.29, 1.82) is 0 Å². The van der Waals surface area contributed by atoms with Crippen molar-refractivity contribution in [1.82, 2.24) is 4.90 Å². The Bertz CT molecular complexity index is 1130. The molecule has 0 aliphatic carbocycles. The molecule has 7 heteroatoms. The number of fused-ring (bicyclic) bond motifs is 2. The van der Waals surface area contributed by atoms with E-state index in [1.165, 1.54) is 25.4 Å². The van der Waals surface area contributed by atoms with E-state index in [9.17, 15) is 14.4 Å². The van der Waals surface area contributed by atoms with E-state index in [-0.39, 0.29) is 11.8 Å². The van der Waals surface area contributed by atoms with E-state index in [0.29, 0.717) is 35.6 Å². The Kier molecular flexibility index (Phi) is 5.07. The molecular formula is C22H20N2O4S. The number of nitrogens with zero attached hydrogens (tertiary/aromatic N) is 1. The molecule has 1 aliphatic rings. The van der Waals surface area contributed by atoms with Gasteiger partial charge < -0.3 is 15.0 Å². The fourth-order valence-corrected chi connectivity index (χ4v) is 4.92. The predicted octanol–water partition coefficient (Wildman–Crippen LogP) is 3.84. The van der Waals surface area contributed by atoms with Crippen molar-refractivity contribution in [2.24, 2.45) is 0 Å². The summed E-state index contributed by atoms with van der Waals surface area (Å²) < 4.78 is 4.97. The second kappa shape index (κ2) is 7.67. The lowest BCUT2D eigenvalue weighted by Crippen LogP contribution is -2.33. The van der Waals surface area contributed by atoms with Gasteiger partial charge in [-0.05, 0) is 28.8 Å². The summed E-state index contributed by atoms with van der Waals surface area (Å²) in [6, 6.07) is 13.2. The Morgan fingerprint density at radius 3 is 2.62 bits per heavy atom. The van der Waals surface area contributed by atoms with E-state index >= 15 is 0 Å². The van der Waals surface area contributed by atoms with Crippen LogP contribution >= 0.6 is 11.3 Å². The number of benzene rings is 2. The molecule has 0 radical (unpaired) electrons. The SMILES string of the molecule is COC(=O)c1c(NC(=O)c2cccc3ccccc23)sc2c1CCN(C(C)=O)C2. The summed E-state index contributed by atoms with van der Waals surface area (Å²) >= 11 is 1.33. The van der Waals surface area contributed by atoms with Crippen LogP contribution in [0.25, 0.3) is 10.8 Å². The van der Waals surface area contributed by atoms with Gasteiger partial charge in [0.1, 0.15) is 5.00 Å². The number of methoxy groups -OCH3 is 1. The van der Waals surface area contributed by atoms with Crippen LogP contribution < -0.4 is 5.32 Å². The fourth-order valence-electron chi connectivity index (χ4n) is 3.67. The molecule has 1 aromatic heterocycles. The van der Waals surface area contributed by atoms with Crippen molar-refractivity contribution < 1.29 is 19.1 Å². The maximum Gasteiger partial charge on any atom is 0.341 e. The number of hydrogen-bond acceptors (Lipinski definition) is 5. The van der Waals surface area contributed by atoms with E-state index in [0.717, 1.165) is 21.2 Å². The van der Waals surface area contributed by atoms with Gasteiger partial charge in [-0.3, -0.25) is 9.59 Å². The van der Waals surface area contributed by atoms with Crippen molar-refractivity contribution in [2.45, 2.75) is 19.9 Å². The van der Waals surface area contributed by atoms with Gasteiger partial charge in [0, 0.05) is 23.9 Å². The molecular weight excluding hydrogens is 388 g/mol. The van der Waals surface area contributed by atoms with Gasteiger partial charge in [-0.15, -0.1) is 11.3 Å². The van der Waals surface area contributed by atoms with E-state index in [1.807, 2.05) is 36.4 Å². The third-order valence-electron chi connectivity index (χ3n) is 5.15. The summed E-state index contributed by atoms with van der Waals surface area (Å²) in [7, 11) is 1.33. The molecule has 2 amide bonds. The monoisotopic (exact) mass is 408 g/mol. The Morgan fingerprint density at radius 1 is 1.10 bits per heavy atom. The van der Waals surface area contributed by atoms with E-state index in [4.69, 9.17) is 4.74 Å². The van der Waals surface area contributed by atoms with Crippen LogP contribution in [0.4, 0.5) is 5.00 Å². The molecule has 1 aliphatic heterocycles. The van der Waals surface area contributed by atoms with Crippen LogP contribution in [-0.2, 0) is 22.5 Å². The van der Waals surface area contributed by atoms with Crippen LogP contribution in [-0.4, -0.2) is 36.3 Å². The molecule has 29 heavy (non-hydrogen) atoms. The Labute approximate surface area is 172 Å². The summed E-state index contributed by atoms with van der Waals surface area (Å²) in [5.74, 6) is -0.772. The minimum absolute atomic E-state index is 0.00925. The zero-order valence-electron chi connectivity index (χ0n) is 16.2. The van der Waals surface area contributed by atoms with Crippen LogP contribution in [0, 0.1) is 0 Å². The normalized spacial score (nSPS) is 13.1. The quantitative estimate of drug-likeness (QED) is 0.668.